The van der Waals surface area contributed by atoms with Gasteiger partial charge >= 0.3 is 0 Å². The molecule has 1 amide bonds. The van der Waals surface area contributed by atoms with Gasteiger partial charge in [0, 0.05) is 22.3 Å². The van der Waals surface area contributed by atoms with Crippen molar-refractivity contribution in [1.29, 1.82) is 0 Å². The quantitative estimate of drug-likeness (QED) is 0.868. The van der Waals surface area contributed by atoms with Crippen LogP contribution in [-0.2, 0) is 4.79 Å². The maximum absolute atomic E-state index is 11.9. The van der Waals surface area contributed by atoms with E-state index in [1.165, 1.54) is 0 Å². The largest absolute Gasteiger partial charge is 0.324 e. The molecular weight excluding hydrogens is 236 g/mol. The number of anilines is 1. The molecule has 0 saturated heterocycles. The minimum Gasteiger partial charge on any atom is -0.324 e. The Labute approximate surface area is 107 Å². The highest BCUT2D eigenvalue weighted by Gasteiger charge is 2.31. The first kappa shape index (κ1) is 12.4. The minimum atomic E-state index is -0.291. The first-order chi connectivity index (χ1) is 7.99. The number of carbonyl (C=O) groups excluding carboxylic acids is 1. The zero-order chi connectivity index (χ0) is 12.6. The highest BCUT2D eigenvalue weighted by molar-refractivity contribution is 6.31. The number of halogens is 1. The summed E-state index contributed by atoms with van der Waals surface area (Å²) in [7, 11) is 0. The van der Waals surface area contributed by atoms with Gasteiger partial charge in [-0.2, -0.15) is 0 Å². The van der Waals surface area contributed by atoms with Crippen LogP contribution in [0.3, 0.4) is 0 Å². The molecule has 1 aromatic carbocycles. The third kappa shape index (κ3) is 2.45. The Balaban J connectivity index is 2.25. The van der Waals surface area contributed by atoms with E-state index >= 15 is 0 Å². The van der Waals surface area contributed by atoms with Crippen LogP contribution in [0.2, 0.25) is 5.02 Å². The molecule has 2 unspecified atom stereocenters. The van der Waals surface area contributed by atoms with Crippen molar-refractivity contribution in [3.63, 3.8) is 0 Å². The van der Waals surface area contributed by atoms with E-state index in [1.807, 2.05) is 12.1 Å². The van der Waals surface area contributed by atoms with E-state index in [0.717, 1.165) is 11.3 Å². The van der Waals surface area contributed by atoms with Crippen LogP contribution in [-0.4, -0.2) is 11.9 Å². The number of rotatable bonds is 3. The lowest BCUT2D eigenvalue weighted by atomic mass is 10.0. The molecule has 0 fully saturated rings. The predicted molar refractivity (Wildman–Crippen MR) is 70.3 cm³/mol. The molecular formula is C13H17ClN2O. The van der Waals surface area contributed by atoms with Crippen LogP contribution in [0.5, 0.6) is 0 Å². The fraction of sp³-hybridized carbons (Fsp3) is 0.462. The van der Waals surface area contributed by atoms with E-state index in [9.17, 15) is 4.79 Å². The van der Waals surface area contributed by atoms with Crippen molar-refractivity contribution < 1.29 is 4.79 Å². The third-order valence-electron chi connectivity index (χ3n) is 3.27. The van der Waals surface area contributed by atoms with Gasteiger partial charge in [-0.25, -0.2) is 0 Å². The van der Waals surface area contributed by atoms with Gasteiger partial charge in [0.15, 0.2) is 0 Å². The van der Waals surface area contributed by atoms with E-state index in [1.54, 1.807) is 6.07 Å². The zero-order valence-electron chi connectivity index (χ0n) is 10.3. The van der Waals surface area contributed by atoms with Crippen molar-refractivity contribution in [3.8, 4) is 0 Å². The molecule has 0 spiro atoms. The summed E-state index contributed by atoms with van der Waals surface area (Å²) in [5, 5.41) is 6.86. The van der Waals surface area contributed by atoms with Crippen molar-refractivity contribution in [3.05, 3.63) is 28.8 Å². The zero-order valence-corrected chi connectivity index (χ0v) is 11.0. The average Bonchev–Trinajstić information content (AvgIpc) is 2.55. The maximum Gasteiger partial charge on any atom is 0.246 e. The monoisotopic (exact) mass is 252 g/mol. The number of fused-ring (bicyclic) bond motifs is 1. The summed E-state index contributed by atoms with van der Waals surface area (Å²) >= 11 is 5.97. The van der Waals surface area contributed by atoms with Crippen LogP contribution >= 0.6 is 11.6 Å². The van der Waals surface area contributed by atoms with Crippen molar-refractivity contribution in [2.45, 2.75) is 32.9 Å². The average molecular weight is 253 g/mol. The third-order valence-corrected chi connectivity index (χ3v) is 3.51. The lowest BCUT2D eigenvalue weighted by molar-refractivity contribution is -0.117. The Morgan fingerprint density at radius 2 is 2.06 bits per heavy atom. The van der Waals surface area contributed by atoms with Crippen molar-refractivity contribution in [2.75, 3.05) is 5.32 Å². The summed E-state index contributed by atoms with van der Waals surface area (Å²) < 4.78 is 0. The number of nitrogens with one attached hydrogen (secondary N) is 2. The molecule has 2 N–H and O–H groups in total. The molecule has 3 nitrogen and oxygen atoms in total. The summed E-state index contributed by atoms with van der Waals surface area (Å²) in [5.41, 5.74) is 1.79. The molecule has 2 atom stereocenters. The Morgan fingerprint density at radius 1 is 1.35 bits per heavy atom. The highest BCUT2D eigenvalue weighted by Crippen LogP contribution is 2.33. The lowest BCUT2D eigenvalue weighted by Crippen LogP contribution is -2.37. The van der Waals surface area contributed by atoms with Gasteiger partial charge in [0.1, 0.15) is 6.04 Å². The smallest absolute Gasteiger partial charge is 0.246 e. The molecule has 1 aliphatic heterocycles. The summed E-state index contributed by atoms with van der Waals surface area (Å²) in [4.78, 5) is 11.9. The first-order valence-electron chi connectivity index (χ1n) is 5.85. The van der Waals surface area contributed by atoms with Crippen LogP contribution < -0.4 is 10.6 Å². The molecule has 0 saturated carbocycles. The van der Waals surface area contributed by atoms with E-state index in [2.05, 4.69) is 31.4 Å². The molecule has 1 aliphatic rings. The molecule has 1 heterocycles. The topological polar surface area (TPSA) is 41.1 Å². The van der Waals surface area contributed by atoms with E-state index in [4.69, 9.17) is 11.6 Å². The summed E-state index contributed by atoms with van der Waals surface area (Å²) in [6.07, 6.45) is 0. The predicted octanol–water partition coefficient (Wildman–Crippen LogP) is 2.97. The number of carbonyl (C=O) groups is 1. The lowest BCUT2D eigenvalue weighted by Gasteiger charge is -2.21. The second kappa shape index (κ2) is 4.67. The van der Waals surface area contributed by atoms with Gasteiger partial charge in [-0.3, -0.25) is 10.1 Å². The fourth-order valence-corrected chi connectivity index (χ4v) is 2.03. The van der Waals surface area contributed by atoms with E-state index < -0.39 is 0 Å². The summed E-state index contributed by atoms with van der Waals surface area (Å²) in [5.74, 6) is 0.473. The molecule has 0 aromatic heterocycles. The Morgan fingerprint density at radius 3 is 2.71 bits per heavy atom. The summed E-state index contributed by atoms with van der Waals surface area (Å²) in [6.45, 7) is 6.34. The van der Waals surface area contributed by atoms with Gasteiger partial charge in [0.25, 0.3) is 0 Å². The van der Waals surface area contributed by atoms with Gasteiger partial charge in [-0.1, -0.05) is 25.4 Å². The van der Waals surface area contributed by atoms with Gasteiger partial charge in [-0.15, -0.1) is 0 Å². The van der Waals surface area contributed by atoms with Crippen LogP contribution in [0.1, 0.15) is 32.4 Å². The molecule has 92 valence electrons. The van der Waals surface area contributed by atoms with Crippen LogP contribution in [0.25, 0.3) is 0 Å². The van der Waals surface area contributed by atoms with Crippen molar-refractivity contribution in [2.24, 2.45) is 5.92 Å². The number of amides is 1. The number of hydrogen-bond acceptors (Lipinski definition) is 2. The first-order valence-corrected chi connectivity index (χ1v) is 6.23. The highest BCUT2D eigenvalue weighted by atomic mass is 35.5. The van der Waals surface area contributed by atoms with Crippen LogP contribution in [0.15, 0.2) is 18.2 Å². The normalized spacial score (nSPS) is 20.3. The molecule has 0 bridgehead atoms. The summed E-state index contributed by atoms with van der Waals surface area (Å²) in [6, 6.07) is 5.46. The number of hydrogen-bond donors (Lipinski definition) is 2. The maximum atomic E-state index is 11.9. The van der Waals surface area contributed by atoms with E-state index in [0.29, 0.717) is 10.9 Å². The Hall–Kier alpha value is -1.06. The van der Waals surface area contributed by atoms with E-state index in [-0.39, 0.29) is 18.0 Å². The second-order valence-corrected chi connectivity index (χ2v) is 5.29. The molecule has 0 aliphatic carbocycles. The van der Waals surface area contributed by atoms with Gasteiger partial charge < -0.3 is 5.32 Å². The van der Waals surface area contributed by atoms with Crippen LogP contribution in [0, 0.1) is 5.92 Å². The molecule has 4 heteroatoms. The molecule has 1 aromatic rings. The minimum absolute atomic E-state index is 0.00485. The van der Waals surface area contributed by atoms with Crippen molar-refractivity contribution >= 4 is 23.2 Å². The van der Waals surface area contributed by atoms with Crippen molar-refractivity contribution in [1.82, 2.24) is 5.32 Å². The van der Waals surface area contributed by atoms with Gasteiger partial charge in [0.05, 0.1) is 0 Å². The van der Waals surface area contributed by atoms with Gasteiger partial charge in [-0.05, 0) is 31.0 Å². The SMILES string of the molecule is CC(C)C(C)NC1C(=O)Nc2ccc(Cl)cc21. The molecule has 2 rings (SSSR count). The Kier molecular flexibility index (Phi) is 3.40. The molecule has 17 heavy (non-hydrogen) atoms. The fourth-order valence-electron chi connectivity index (χ4n) is 1.85. The van der Waals surface area contributed by atoms with Crippen LogP contribution in [0.4, 0.5) is 5.69 Å². The number of benzene rings is 1. The molecule has 0 radical (unpaired) electrons. The van der Waals surface area contributed by atoms with Gasteiger partial charge in [0.2, 0.25) is 5.91 Å². The standard InChI is InChI=1S/C13H17ClN2O/c1-7(2)8(3)15-12-10-6-9(14)4-5-11(10)16-13(12)17/h4-8,12,15H,1-3H3,(H,16,17). The second-order valence-electron chi connectivity index (χ2n) is 4.85. The Bertz CT molecular complexity index is 445.